The monoisotopic (exact) mass is 176 g/mol. The van der Waals surface area contributed by atoms with Gasteiger partial charge in [0.05, 0.1) is 12.5 Å². The lowest BCUT2D eigenvalue weighted by molar-refractivity contribution is 0.307. The Morgan fingerprint density at radius 2 is 2.20 bits per heavy atom. The normalized spacial score (nSPS) is 11.1. The lowest BCUT2D eigenvalue weighted by Gasteiger charge is -2.19. The Morgan fingerprint density at radius 1 is 1.60 bits per heavy atom. The number of hydrogen-bond donors (Lipinski definition) is 0. The minimum Gasteiger partial charge on any atom is -0.504 e. The third-order valence-electron chi connectivity index (χ3n) is 1.08. The van der Waals surface area contributed by atoms with Crippen molar-refractivity contribution in [2.75, 3.05) is 12.0 Å². The molecule has 3 heteroatoms. The van der Waals surface area contributed by atoms with Crippen LogP contribution in [0.4, 0.5) is 0 Å². The summed E-state index contributed by atoms with van der Waals surface area (Å²) in [6, 6.07) is 0. The molecule has 10 heavy (non-hydrogen) atoms. The first-order valence-electron chi connectivity index (χ1n) is 3.49. The van der Waals surface area contributed by atoms with E-state index >= 15 is 0 Å². The molecule has 0 spiro atoms. The van der Waals surface area contributed by atoms with Crippen LogP contribution < -0.4 is 0 Å². The van der Waals surface area contributed by atoms with E-state index in [2.05, 4.69) is 26.6 Å². The molecule has 0 N–H and O–H groups in total. The Hall–Kier alpha value is 0.107. The number of hydrogen-bond acceptors (Lipinski definition) is 2. The van der Waals surface area contributed by atoms with E-state index in [4.69, 9.17) is 4.74 Å². The summed E-state index contributed by atoms with van der Waals surface area (Å²) in [7, 11) is -1.10. The van der Waals surface area contributed by atoms with Gasteiger partial charge in [-0.2, -0.15) is 11.2 Å². The van der Waals surface area contributed by atoms with Crippen LogP contribution in [0, 0.1) is 0 Å². The van der Waals surface area contributed by atoms with Gasteiger partial charge in [-0.25, -0.2) is 0 Å². The molecule has 0 bridgehead atoms. The van der Waals surface area contributed by atoms with Crippen LogP contribution >= 0.6 is 11.2 Å². The second-order valence-electron chi connectivity index (χ2n) is 2.67. The topological polar surface area (TPSA) is 9.23 Å². The van der Waals surface area contributed by atoms with Gasteiger partial charge >= 0.3 is 0 Å². The van der Waals surface area contributed by atoms with Crippen LogP contribution in [0.25, 0.3) is 0 Å². The molecule has 0 rings (SSSR count). The van der Waals surface area contributed by atoms with E-state index in [0.717, 1.165) is 6.23 Å². The van der Waals surface area contributed by atoms with Gasteiger partial charge in [0, 0.05) is 0 Å². The molecule has 0 atom stereocenters. The summed E-state index contributed by atoms with van der Waals surface area (Å²) in [5.74, 6) is 1.19. The van der Waals surface area contributed by atoms with Gasteiger partial charge in [-0.1, -0.05) is 26.6 Å². The van der Waals surface area contributed by atoms with Crippen molar-refractivity contribution in [1.82, 2.24) is 0 Å². The lowest BCUT2D eigenvalue weighted by Crippen LogP contribution is -2.28. The molecule has 0 saturated heterocycles. The molecule has 0 aliphatic rings. The van der Waals surface area contributed by atoms with Crippen molar-refractivity contribution in [2.45, 2.75) is 20.0 Å². The zero-order valence-corrected chi connectivity index (χ0v) is 8.83. The fourth-order valence-corrected chi connectivity index (χ4v) is 4.87. The minimum absolute atomic E-state index is 0.884. The summed E-state index contributed by atoms with van der Waals surface area (Å²) >= 11 is 2.04. The van der Waals surface area contributed by atoms with Gasteiger partial charge in [-0.05, 0) is 5.75 Å². The van der Waals surface area contributed by atoms with E-state index in [9.17, 15) is 0 Å². The average molecular weight is 176 g/mol. The maximum Gasteiger partial charge on any atom is 0.152 e. The first-order valence-corrected chi connectivity index (χ1v) is 8.40. The molecule has 0 aromatic heterocycles. The van der Waals surface area contributed by atoms with Crippen LogP contribution in [-0.2, 0) is 4.74 Å². The molecule has 0 amide bonds. The molecule has 0 fully saturated rings. The number of ether oxygens (including phenoxy) is 1. The van der Waals surface area contributed by atoms with Gasteiger partial charge in [0.1, 0.15) is 0 Å². The fourth-order valence-electron chi connectivity index (χ4n) is 0.692. The molecule has 0 saturated carbocycles. The van der Waals surface area contributed by atoms with E-state index in [0.29, 0.717) is 0 Å². The van der Waals surface area contributed by atoms with Gasteiger partial charge in [-0.15, -0.1) is 0 Å². The zero-order chi connectivity index (χ0) is 8.04. The van der Waals surface area contributed by atoms with Gasteiger partial charge < -0.3 is 4.74 Å². The van der Waals surface area contributed by atoms with E-state index in [-0.39, 0.29) is 0 Å². The van der Waals surface area contributed by atoms with E-state index in [1.54, 1.807) is 0 Å². The van der Waals surface area contributed by atoms with E-state index in [1.807, 2.05) is 11.2 Å². The molecule has 0 aromatic carbocycles. The predicted molar refractivity (Wildman–Crippen MR) is 51.8 cm³/mol. The molecule has 0 aromatic rings. The minimum atomic E-state index is -1.10. The molecular formula is C7H16OSSi. The maximum absolute atomic E-state index is 5.16. The van der Waals surface area contributed by atoms with Crippen molar-refractivity contribution >= 4 is 18.4 Å². The summed E-state index contributed by atoms with van der Waals surface area (Å²) in [4.78, 5) is 0. The molecule has 0 unspecified atom stereocenters. The van der Waals surface area contributed by atoms with Gasteiger partial charge in [0.2, 0.25) is 0 Å². The Balaban J connectivity index is 3.51. The molecule has 1 nitrogen and oxygen atoms in total. The Labute approximate surface area is 68.5 Å². The Kier molecular flexibility index (Phi) is 4.90. The Bertz CT molecular complexity index is 104. The second-order valence-corrected chi connectivity index (χ2v) is 11.5. The predicted octanol–water partition coefficient (Wildman–Crippen LogP) is 2.64. The van der Waals surface area contributed by atoms with Gasteiger partial charge in [0.25, 0.3) is 0 Å². The number of rotatable bonds is 5. The molecule has 0 heterocycles. The van der Waals surface area contributed by atoms with Crippen LogP contribution in [0.15, 0.2) is 12.8 Å². The molecule has 0 aliphatic carbocycles. The molecule has 0 radical (unpaired) electrons. The zero-order valence-electron chi connectivity index (χ0n) is 7.02. The van der Waals surface area contributed by atoms with Crippen LogP contribution in [-0.4, -0.2) is 19.2 Å². The lowest BCUT2D eigenvalue weighted by atomic mass is 11.0. The first-order chi connectivity index (χ1) is 4.62. The summed E-state index contributed by atoms with van der Waals surface area (Å²) in [6.45, 7) is 10.3. The second kappa shape index (κ2) is 4.85. The Morgan fingerprint density at radius 3 is 2.60 bits per heavy atom. The summed E-state index contributed by atoms with van der Waals surface area (Å²) < 4.78 is 5.16. The molecular weight excluding hydrogens is 160 g/mol. The van der Waals surface area contributed by atoms with Crippen LogP contribution in [0.2, 0.25) is 13.1 Å². The van der Waals surface area contributed by atoms with Crippen molar-refractivity contribution in [3.63, 3.8) is 0 Å². The average Bonchev–Trinajstić information content (AvgIpc) is 1.84. The van der Waals surface area contributed by atoms with Crippen molar-refractivity contribution in [1.29, 1.82) is 0 Å². The van der Waals surface area contributed by atoms with E-state index < -0.39 is 7.22 Å². The largest absolute Gasteiger partial charge is 0.504 e. The van der Waals surface area contributed by atoms with Crippen molar-refractivity contribution in [2.24, 2.45) is 0 Å². The van der Waals surface area contributed by atoms with Crippen LogP contribution in [0.5, 0.6) is 0 Å². The third kappa shape index (κ3) is 4.94. The fraction of sp³-hybridized carbons (Fsp3) is 0.714. The summed E-state index contributed by atoms with van der Waals surface area (Å²) in [6.07, 6.45) is 2.42. The van der Waals surface area contributed by atoms with Crippen molar-refractivity contribution < 1.29 is 4.74 Å². The summed E-state index contributed by atoms with van der Waals surface area (Å²) in [5.41, 5.74) is 0. The van der Waals surface area contributed by atoms with E-state index in [1.165, 1.54) is 12.0 Å². The van der Waals surface area contributed by atoms with Crippen molar-refractivity contribution in [3.8, 4) is 0 Å². The smallest absolute Gasteiger partial charge is 0.152 e. The highest BCUT2D eigenvalue weighted by Gasteiger charge is 2.20. The van der Waals surface area contributed by atoms with Gasteiger partial charge in [0.15, 0.2) is 7.22 Å². The highest BCUT2D eigenvalue weighted by atomic mass is 32.4. The first kappa shape index (κ1) is 10.1. The van der Waals surface area contributed by atoms with Crippen molar-refractivity contribution in [3.05, 3.63) is 12.8 Å². The SMILES string of the molecule is C=COC[Si](C)(C)SCC. The molecule has 60 valence electrons. The van der Waals surface area contributed by atoms with Gasteiger partial charge in [-0.3, -0.25) is 0 Å². The van der Waals surface area contributed by atoms with Crippen LogP contribution in [0.3, 0.4) is 0 Å². The molecule has 0 aliphatic heterocycles. The quantitative estimate of drug-likeness (QED) is 0.470. The van der Waals surface area contributed by atoms with Crippen LogP contribution in [0.1, 0.15) is 6.92 Å². The highest BCUT2D eigenvalue weighted by molar-refractivity contribution is 8.28. The highest BCUT2D eigenvalue weighted by Crippen LogP contribution is 2.19. The maximum atomic E-state index is 5.16. The summed E-state index contributed by atoms with van der Waals surface area (Å²) in [5, 5.41) is 0. The standard InChI is InChI=1S/C7H16OSSi/c1-5-8-7-10(3,4)9-6-2/h5H,1,6-7H2,2-4H3. The third-order valence-corrected chi connectivity index (χ3v) is 6.58.